The number of likely N-dealkylation sites (tertiary alicyclic amines) is 1. The minimum Gasteiger partial charge on any atom is -0.508 e. The lowest BCUT2D eigenvalue weighted by Gasteiger charge is -2.43. The highest BCUT2D eigenvalue weighted by molar-refractivity contribution is 5.95. The van der Waals surface area contributed by atoms with Crippen LogP contribution in [0.25, 0.3) is 0 Å². The molecule has 3 aromatic rings. The molecule has 0 aliphatic carbocycles. The summed E-state index contributed by atoms with van der Waals surface area (Å²) in [5, 5.41) is 15.1. The number of carbonyl (C=O) groups excluding carboxylic acids is 8. The van der Waals surface area contributed by atoms with Gasteiger partial charge in [0.1, 0.15) is 42.3 Å². The Balaban J connectivity index is 1.38. The molecule has 66 heavy (non-hydrogen) atoms. The molecule has 0 saturated carbocycles. The molecular weight excluding hydrogens is 863 g/mol. The fraction of sp³-hybridized carbons (Fsp3) is 0.435. The van der Waals surface area contributed by atoms with Gasteiger partial charge in [-0.25, -0.2) is 0 Å². The molecule has 7 N–H and O–H groups in total. The van der Waals surface area contributed by atoms with Crippen molar-refractivity contribution >= 4 is 47.5 Å². The molecule has 2 fully saturated rings. The van der Waals surface area contributed by atoms with Gasteiger partial charge in [-0.15, -0.1) is 0 Å². The molecule has 20 heteroatoms. The second-order valence-corrected chi connectivity index (χ2v) is 15.9. The molecule has 0 spiro atoms. The number of esters is 4. The predicted octanol–water partition coefficient (Wildman–Crippen LogP) is 0.655. The van der Waals surface area contributed by atoms with Crippen LogP contribution in [0.1, 0.15) is 57.2 Å². The Morgan fingerprint density at radius 3 is 1.88 bits per heavy atom. The van der Waals surface area contributed by atoms with Crippen LogP contribution < -0.4 is 26.8 Å². The topological polar surface area (TPSA) is 292 Å². The zero-order valence-corrected chi connectivity index (χ0v) is 36.9. The number of carbonyl (C=O) groups is 8. The first-order chi connectivity index (χ1) is 31.4. The summed E-state index contributed by atoms with van der Waals surface area (Å²) in [7, 11) is 0. The van der Waals surface area contributed by atoms with Crippen LogP contribution in [0.3, 0.4) is 0 Å². The summed E-state index contributed by atoms with van der Waals surface area (Å²) in [6, 6.07) is 16.8. The summed E-state index contributed by atoms with van der Waals surface area (Å²) in [5.74, 6) is -5.59. The number of benzene rings is 3. The molecular formula is C46H55N5O15. The number of primary amides is 1. The van der Waals surface area contributed by atoms with Crippen LogP contribution in [-0.2, 0) is 81.3 Å². The number of aromatic hydroxyl groups is 1. The van der Waals surface area contributed by atoms with Crippen LogP contribution in [0.15, 0.2) is 78.9 Å². The maximum Gasteiger partial charge on any atom is 0.303 e. The monoisotopic (exact) mass is 917 g/mol. The van der Waals surface area contributed by atoms with Crippen LogP contribution in [0.4, 0.5) is 0 Å². The third-order valence-corrected chi connectivity index (χ3v) is 10.7. The third kappa shape index (κ3) is 14.2. The van der Waals surface area contributed by atoms with Gasteiger partial charge in [-0.2, -0.15) is 0 Å². The van der Waals surface area contributed by atoms with Crippen LogP contribution in [-0.4, -0.2) is 126 Å². The lowest BCUT2D eigenvalue weighted by Crippen LogP contribution is -2.63. The lowest BCUT2D eigenvalue weighted by molar-refractivity contribution is -0.288. The zero-order chi connectivity index (χ0) is 48.1. The van der Waals surface area contributed by atoms with Crippen molar-refractivity contribution in [3.05, 3.63) is 95.6 Å². The van der Waals surface area contributed by atoms with Crippen molar-refractivity contribution in [1.29, 1.82) is 0 Å². The standard InChI is InChI=1S/C46H55N5O15/c1-25(52)61-24-38-39(62-26(2)53)40(63-27(3)54)41(64-28(4)55)46(66-38)65-33-18-14-31(15-19-33)23-36(43(58)49-35(42(48)57)22-29-9-6-5-7-10-29)50-44(59)37-11-8-20-51(37)45(60)34(47)21-30-12-16-32(56)17-13-30/h5-7,9-10,12-19,34-41,46,56H,8,11,20-24,47H2,1-4H3,(H2,48,57)(H,49,58)(H,50,59)/t34-,35-,36-,37-,38+,39+,40-,41+,46-/m0/s1. The predicted molar refractivity (Wildman–Crippen MR) is 230 cm³/mol. The van der Waals surface area contributed by atoms with Crippen molar-refractivity contribution in [2.45, 2.75) is 115 Å². The first-order valence-electron chi connectivity index (χ1n) is 21.2. The van der Waals surface area contributed by atoms with Gasteiger partial charge in [0.2, 0.25) is 36.0 Å². The highest BCUT2D eigenvalue weighted by Gasteiger charge is 2.53. The summed E-state index contributed by atoms with van der Waals surface area (Å²) >= 11 is 0. The van der Waals surface area contributed by atoms with E-state index in [2.05, 4.69) is 10.6 Å². The van der Waals surface area contributed by atoms with Gasteiger partial charge < -0.3 is 60.5 Å². The fourth-order valence-corrected chi connectivity index (χ4v) is 7.67. The zero-order valence-electron chi connectivity index (χ0n) is 36.9. The Bertz CT molecular complexity index is 2210. The first kappa shape index (κ1) is 49.9. The number of hydrogen-bond acceptors (Lipinski definition) is 16. The molecule has 20 nitrogen and oxygen atoms in total. The van der Waals surface area contributed by atoms with Gasteiger partial charge in [-0.1, -0.05) is 54.6 Å². The van der Waals surface area contributed by atoms with Gasteiger partial charge in [0.25, 0.3) is 0 Å². The third-order valence-electron chi connectivity index (χ3n) is 10.7. The van der Waals surface area contributed by atoms with E-state index in [0.29, 0.717) is 24.0 Å². The minimum atomic E-state index is -1.52. The van der Waals surface area contributed by atoms with Crippen molar-refractivity contribution in [2.24, 2.45) is 11.5 Å². The van der Waals surface area contributed by atoms with Gasteiger partial charge in [-0.05, 0) is 60.2 Å². The van der Waals surface area contributed by atoms with Crippen LogP contribution >= 0.6 is 0 Å². The Morgan fingerprint density at radius 2 is 1.27 bits per heavy atom. The molecule has 4 amide bonds. The molecule has 2 aliphatic heterocycles. The molecule has 0 unspecified atom stereocenters. The van der Waals surface area contributed by atoms with E-state index in [9.17, 15) is 43.5 Å². The molecule has 3 aromatic carbocycles. The van der Waals surface area contributed by atoms with Crippen LogP contribution in [0.2, 0.25) is 0 Å². The summed E-state index contributed by atoms with van der Waals surface area (Å²) in [5.41, 5.74) is 14.0. The van der Waals surface area contributed by atoms with Crippen molar-refractivity contribution in [1.82, 2.24) is 15.5 Å². The number of ether oxygens (including phenoxy) is 6. The SMILES string of the molecule is CC(=O)OC[C@H]1O[C@H](Oc2ccc(C[C@H](NC(=O)[C@@H]3CCCN3C(=O)[C@@H](N)Cc3ccc(O)cc3)C(=O)N[C@@H](Cc3ccccc3)C(N)=O)cc2)[C@H](OC(C)=O)[C@@H](OC(C)=O)[C@@H]1OC(C)=O. The van der Waals surface area contributed by atoms with E-state index in [4.69, 9.17) is 39.9 Å². The lowest BCUT2D eigenvalue weighted by atomic mass is 9.98. The Hall–Kier alpha value is -7.06. The van der Waals surface area contributed by atoms with E-state index in [1.807, 2.05) is 0 Å². The number of phenolic OH excluding ortho intramolecular Hbond substituents is 1. The van der Waals surface area contributed by atoms with E-state index in [1.165, 1.54) is 29.2 Å². The van der Waals surface area contributed by atoms with Crippen molar-refractivity contribution in [3.63, 3.8) is 0 Å². The van der Waals surface area contributed by atoms with Crippen LogP contribution in [0.5, 0.6) is 11.5 Å². The first-order valence-corrected chi connectivity index (χ1v) is 21.2. The highest BCUT2D eigenvalue weighted by Crippen LogP contribution is 2.31. The van der Waals surface area contributed by atoms with E-state index >= 15 is 0 Å². The van der Waals surface area contributed by atoms with Crippen molar-refractivity contribution in [2.75, 3.05) is 13.2 Å². The highest BCUT2D eigenvalue weighted by atomic mass is 16.7. The summed E-state index contributed by atoms with van der Waals surface area (Å²) in [6.07, 6.45) is -6.26. The molecule has 5 rings (SSSR count). The average Bonchev–Trinajstić information content (AvgIpc) is 3.76. The summed E-state index contributed by atoms with van der Waals surface area (Å²) in [6.45, 7) is 4.22. The molecule has 0 aromatic heterocycles. The Kier molecular flexibility index (Phi) is 17.6. The van der Waals surface area contributed by atoms with E-state index < -0.39 is 109 Å². The number of nitrogens with zero attached hydrogens (tertiary/aromatic N) is 1. The maximum absolute atomic E-state index is 14.1. The summed E-state index contributed by atoms with van der Waals surface area (Å²) < 4.78 is 33.7. The quantitative estimate of drug-likeness (QED) is 0.0815. The van der Waals surface area contributed by atoms with Gasteiger partial charge in [0, 0.05) is 47.1 Å². The van der Waals surface area contributed by atoms with Gasteiger partial charge in [0.05, 0.1) is 6.04 Å². The second-order valence-electron chi connectivity index (χ2n) is 15.9. The van der Waals surface area contributed by atoms with Gasteiger partial charge in [0.15, 0.2) is 12.2 Å². The smallest absolute Gasteiger partial charge is 0.303 e. The maximum atomic E-state index is 14.1. The van der Waals surface area contributed by atoms with Gasteiger partial charge in [-0.3, -0.25) is 38.4 Å². The number of hydrogen-bond donors (Lipinski definition) is 5. The Labute approximate surface area is 380 Å². The number of rotatable bonds is 19. The minimum absolute atomic E-state index is 0.0585. The molecule has 9 atom stereocenters. The molecule has 2 saturated heterocycles. The largest absolute Gasteiger partial charge is 0.508 e. The normalized spacial score (nSPS) is 21.5. The Morgan fingerprint density at radius 1 is 0.712 bits per heavy atom. The molecule has 0 radical (unpaired) electrons. The molecule has 2 aliphatic rings. The van der Waals surface area contributed by atoms with Gasteiger partial charge >= 0.3 is 23.9 Å². The van der Waals surface area contributed by atoms with E-state index in [-0.39, 0.29) is 37.3 Å². The molecule has 354 valence electrons. The number of nitrogens with one attached hydrogen (secondary N) is 2. The average molecular weight is 918 g/mol. The van der Waals surface area contributed by atoms with Crippen LogP contribution in [0, 0.1) is 0 Å². The number of nitrogens with two attached hydrogens (primary N) is 2. The molecule has 0 bridgehead atoms. The second kappa shape index (κ2) is 23.2. The fourth-order valence-electron chi connectivity index (χ4n) is 7.67. The van der Waals surface area contributed by atoms with Crippen molar-refractivity contribution in [3.8, 4) is 11.5 Å². The van der Waals surface area contributed by atoms with E-state index in [1.54, 1.807) is 54.6 Å². The van der Waals surface area contributed by atoms with Crippen molar-refractivity contribution < 1.29 is 71.9 Å². The number of amides is 4. The number of phenols is 1. The van der Waals surface area contributed by atoms with E-state index in [0.717, 1.165) is 33.3 Å². The molecule has 2 heterocycles. The summed E-state index contributed by atoms with van der Waals surface area (Å²) in [4.78, 5) is 104.